The summed E-state index contributed by atoms with van der Waals surface area (Å²) in [6, 6.07) is 5.48. The summed E-state index contributed by atoms with van der Waals surface area (Å²) in [5, 5.41) is 0. The SMILES string of the molecule is COc1cc(C(Cc2ccc(Br)cn2)NN)ncn1. The topological polar surface area (TPSA) is 86.0 Å². The van der Waals surface area contributed by atoms with Crippen molar-refractivity contribution in [3.63, 3.8) is 0 Å². The van der Waals surface area contributed by atoms with Crippen LogP contribution >= 0.6 is 15.9 Å². The van der Waals surface area contributed by atoms with Crippen molar-refractivity contribution >= 4 is 15.9 Å². The van der Waals surface area contributed by atoms with Crippen LogP contribution in [-0.4, -0.2) is 22.1 Å². The summed E-state index contributed by atoms with van der Waals surface area (Å²) in [4.78, 5) is 12.5. The van der Waals surface area contributed by atoms with Gasteiger partial charge in [0.05, 0.1) is 18.8 Å². The standard InChI is InChI=1S/C12H14BrN5O/c1-19-12-5-10(16-7-17-12)11(18-14)4-9-3-2-8(13)6-15-9/h2-3,5-7,11,18H,4,14H2,1H3. The van der Waals surface area contributed by atoms with Crippen LogP contribution in [0.3, 0.4) is 0 Å². The monoisotopic (exact) mass is 323 g/mol. The molecule has 2 heterocycles. The minimum absolute atomic E-state index is 0.148. The normalized spacial score (nSPS) is 12.2. The third-order valence-corrected chi connectivity index (χ3v) is 3.10. The van der Waals surface area contributed by atoms with E-state index in [1.807, 2.05) is 12.1 Å². The van der Waals surface area contributed by atoms with Crippen LogP contribution in [0.2, 0.25) is 0 Å². The zero-order valence-electron chi connectivity index (χ0n) is 10.4. The van der Waals surface area contributed by atoms with Crippen molar-refractivity contribution in [3.05, 3.63) is 46.6 Å². The molecule has 0 aliphatic carbocycles. The van der Waals surface area contributed by atoms with Gasteiger partial charge in [0.25, 0.3) is 0 Å². The van der Waals surface area contributed by atoms with Crippen LogP contribution < -0.4 is 16.0 Å². The first kappa shape index (κ1) is 13.9. The molecule has 0 saturated carbocycles. The lowest BCUT2D eigenvalue weighted by Crippen LogP contribution is -2.30. The molecule has 19 heavy (non-hydrogen) atoms. The molecule has 0 spiro atoms. The second-order valence-corrected chi connectivity index (χ2v) is 4.79. The Bertz CT molecular complexity index is 534. The second kappa shape index (κ2) is 6.55. The Labute approximate surface area is 119 Å². The average Bonchev–Trinajstić information content (AvgIpc) is 2.46. The third kappa shape index (κ3) is 3.69. The third-order valence-electron chi connectivity index (χ3n) is 2.63. The van der Waals surface area contributed by atoms with Gasteiger partial charge in [-0.2, -0.15) is 0 Å². The Hall–Kier alpha value is -1.57. The van der Waals surface area contributed by atoms with Gasteiger partial charge in [-0.05, 0) is 28.1 Å². The van der Waals surface area contributed by atoms with E-state index in [1.165, 1.54) is 6.33 Å². The Balaban J connectivity index is 2.17. The lowest BCUT2D eigenvalue weighted by Gasteiger charge is -2.15. The predicted molar refractivity (Wildman–Crippen MR) is 74.3 cm³/mol. The van der Waals surface area contributed by atoms with Crippen molar-refractivity contribution in [1.29, 1.82) is 0 Å². The zero-order valence-corrected chi connectivity index (χ0v) is 12.0. The largest absolute Gasteiger partial charge is 0.481 e. The molecule has 2 aromatic heterocycles. The molecule has 0 bridgehead atoms. The number of nitrogens with one attached hydrogen (secondary N) is 1. The molecule has 0 aliphatic rings. The lowest BCUT2D eigenvalue weighted by molar-refractivity contribution is 0.393. The van der Waals surface area contributed by atoms with Crippen LogP contribution in [0.4, 0.5) is 0 Å². The van der Waals surface area contributed by atoms with E-state index in [-0.39, 0.29) is 6.04 Å². The molecule has 7 heteroatoms. The van der Waals surface area contributed by atoms with Gasteiger partial charge in [-0.1, -0.05) is 0 Å². The molecule has 2 rings (SSSR count). The molecule has 0 aliphatic heterocycles. The van der Waals surface area contributed by atoms with Gasteiger partial charge in [0.2, 0.25) is 5.88 Å². The maximum absolute atomic E-state index is 5.59. The van der Waals surface area contributed by atoms with Crippen LogP contribution in [-0.2, 0) is 6.42 Å². The summed E-state index contributed by atoms with van der Waals surface area (Å²) < 4.78 is 6.02. The van der Waals surface area contributed by atoms with Gasteiger partial charge in [-0.25, -0.2) is 9.97 Å². The highest BCUT2D eigenvalue weighted by Crippen LogP contribution is 2.18. The summed E-state index contributed by atoms with van der Waals surface area (Å²) in [5.74, 6) is 6.09. The van der Waals surface area contributed by atoms with Crippen LogP contribution in [0, 0.1) is 0 Å². The van der Waals surface area contributed by atoms with E-state index in [0.717, 1.165) is 15.9 Å². The molecule has 0 aromatic carbocycles. The zero-order chi connectivity index (χ0) is 13.7. The molecule has 0 amide bonds. The number of halogens is 1. The fourth-order valence-corrected chi connectivity index (χ4v) is 1.88. The first-order chi connectivity index (χ1) is 9.22. The number of hydrogen-bond donors (Lipinski definition) is 2. The highest BCUT2D eigenvalue weighted by molar-refractivity contribution is 9.10. The molecular formula is C12H14BrN5O. The number of hydrazine groups is 1. The van der Waals surface area contributed by atoms with Crippen LogP contribution in [0.25, 0.3) is 0 Å². The first-order valence-corrected chi connectivity index (χ1v) is 6.44. The van der Waals surface area contributed by atoms with Crippen molar-refractivity contribution in [2.24, 2.45) is 5.84 Å². The van der Waals surface area contributed by atoms with E-state index >= 15 is 0 Å². The van der Waals surface area contributed by atoms with Gasteiger partial charge >= 0.3 is 0 Å². The van der Waals surface area contributed by atoms with Gasteiger partial charge in [0.15, 0.2) is 0 Å². The smallest absolute Gasteiger partial charge is 0.216 e. The first-order valence-electron chi connectivity index (χ1n) is 5.65. The van der Waals surface area contributed by atoms with Crippen molar-refractivity contribution in [3.8, 4) is 5.88 Å². The molecule has 0 radical (unpaired) electrons. The fraction of sp³-hybridized carbons (Fsp3) is 0.250. The predicted octanol–water partition coefficient (Wildman–Crippen LogP) is 1.39. The minimum atomic E-state index is -0.148. The van der Waals surface area contributed by atoms with E-state index in [0.29, 0.717) is 12.3 Å². The number of aromatic nitrogens is 3. The summed E-state index contributed by atoms with van der Waals surface area (Å²) >= 11 is 3.35. The quantitative estimate of drug-likeness (QED) is 0.638. The number of hydrogen-bond acceptors (Lipinski definition) is 6. The lowest BCUT2D eigenvalue weighted by atomic mass is 10.1. The second-order valence-electron chi connectivity index (χ2n) is 3.88. The van der Waals surface area contributed by atoms with E-state index in [2.05, 4.69) is 36.3 Å². The maximum atomic E-state index is 5.59. The molecule has 0 fully saturated rings. The molecular weight excluding hydrogens is 310 g/mol. The van der Waals surface area contributed by atoms with Gasteiger partial charge in [-0.15, -0.1) is 0 Å². The van der Waals surface area contributed by atoms with Crippen molar-refractivity contribution in [2.45, 2.75) is 12.5 Å². The molecule has 2 aromatic rings. The van der Waals surface area contributed by atoms with Gasteiger partial charge in [0, 0.05) is 28.9 Å². The molecule has 1 atom stereocenters. The number of methoxy groups -OCH3 is 1. The Morgan fingerprint density at radius 3 is 2.84 bits per heavy atom. The highest BCUT2D eigenvalue weighted by atomic mass is 79.9. The molecule has 3 N–H and O–H groups in total. The maximum Gasteiger partial charge on any atom is 0.216 e. The van der Waals surface area contributed by atoms with Gasteiger partial charge < -0.3 is 4.74 Å². The summed E-state index contributed by atoms with van der Waals surface area (Å²) in [5.41, 5.74) is 4.42. The van der Waals surface area contributed by atoms with E-state index in [4.69, 9.17) is 10.6 Å². The minimum Gasteiger partial charge on any atom is -0.481 e. The number of ether oxygens (including phenoxy) is 1. The summed E-state index contributed by atoms with van der Waals surface area (Å²) in [7, 11) is 1.56. The molecule has 100 valence electrons. The van der Waals surface area contributed by atoms with Gasteiger partial charge in [-0.3, -0.25) is 16.3 Å². The van der Waals surface area contributed by atoms with Crippen molar-refractivity contribution in [1.82, 2.24) is 20.4 Å². The molecule has 6 nitrogen and oxygen atoms in total. The Kier molecular flexibility index (Phi) is 4.78. The number of nitrogens with two attached hydrogens (primary N) is 1. The van der Waals surface area contributed by atoms with Crippen LogP contribution in [0.5, 0.6) is 5.88 Å². The van der Waals surface area contributed by atoms with Crippen LogP contribution in [0.15, 0.2) is 35.2 Å². The van der Waals surface area contributed by atoms with Crippen molar-refractivity contribution in [2.75, 3.05) is 7.11 Å². The van der Waals surface area contributed by atoms with E-state index < -0.39 is 0 Å². The number of nitrogens with zero attached hydrogens (tertiary/aromatic N) is 3. The van der Waals surface area contributed by atoms with Crippen molar-refractivity contribution < 1.29 is 4.74 Å². The van der Waals surface area contributed by atoms with E-state index in [9.17, 15) is 0 Å². The highest BCUT2D eigenvalue weighted by Gasteiger charge is 2.14. The van der Waals surface area contributed by atoms with Gasteiger partial charge in [0.1, 0.15) is 6.33 Å². The Morgan fingerprint density at radius 2 is 2.21 bits per heavy atom. The molecule has 0 saturated heterocycles. The summed E-state index contributed by atoms with van der Waals surface area (Å²) in [6.07, 6.45) is 3.83. The number of rotatable bonds is 5. The average molecular weight is 324 g/mol. The van der Waals surface area contributed by atoms with Crippen LogP contribution in [0.1, 0.15) is 17.4 Å². The fourth-order valence-electron chi connectivity index (χ4n) is 1.64. The molecule has 1 unspecified atom stereocenters. The van der Waals surface area contributed by atoms with E-state index in [1.54, 1.807) is 19.4 Å². The summed E-state index contributed by atoms with van der Waals surface area (Å²) in [6.45, 7) is 0. The number of pyridine rings is 1. The Morgan fingerprint density at radius 1 is 1.37 bits per heavy atom.